The summed E-state index contributed by atoms with van der Waals surface area (Å²) < 4.78 is 5.93. The van der Waals surface area contributed by atoms with Gasteiger partial charge in [0.05, 0.1) is 12.4 Å². The number of hydrogen-bond donors (Lipinski definition) is 2. The van der Waals surface area contributed by atoms with Crippen LogP contribution in [0.3, 0.4) is 0 Å². The van der Waals surface area contributed by atoms with Crippen molar-refractivity contribution in [1.29, 1.82) is 0 Å². The van der Waals surface area contributed by atoms with Gasteiger partial charge in [0.1, 0.15) is 17.3 Å². The summed E-state index contributed by atoms with van der Waals surface area (Å²) in [6, 6.07) is 3.48. The third-order valence-corrected chi connectivity index (χ3v) is 4.37. The second-order valence-electron chi connectivity index (χ2n) is 6.45. The maximum absolute atomic E-state index is 12.4. The van der Waals surface area contributed by atoms with Crippen molar-refractivity contribution >= 4 is 17.4 Å². The fourth-order valence-electron chi connectivity index (χ4n) is 2.83. The largest absolute Gasteiger partial charge is 0.456 e. The zero-order chi connectivity index (χ0) is 18.9. The molecule has 1 aliphatic rings. The van der Waals surface area contributed by atoms with Gasteiger partial charge < -0.3 is 20.7 Å². The van der Waals surface area contributed by atoms with Gasteiger partial charge in [-0.3, -0.25) is 9.79 Å². The van der Waals surface area contributed by atoms with Crippen LogP contribution < -0.4 is 15.8 Å². The number of allylic oxidation sites excluding steroid dienone is 2. The van der Waals surface area contributed by atoms with Crippen molar-refractivity contribution < 1.29 is 9.53 Å². The lowest BCUT2D eigenvalue weighted by atomic mass is 9.96. The molecule has 7 heteroatoms. The third kappa shape index (κ3) is 5.93. The molecular formula is C19H29N5O2. The molecule has 2 rings (SSSR count). The van der Waals surface area contributed by atoms with Crippen LogP contribution >= 0.6 is 0 Å². The van der Waals surface area contributed by atoms with E-state index in [1.165, 1.54) is 0 Å². The Kier molecular flexibility index (Phi) is 7.74. The molecule has 1 amide bonds. The number of rotatable bonds is 7. The van der Waals surface area contributed by atoms with Crippen molar-refractivity contribution in [3.05, 3.63) is 30.2 Å². The number of aromatic nitrogens is 1. The number of nitrogens with zero attached hydrogens (tertiary/aromatic N) is 3. The normalized spacial score (nSPS) is 17.2. The van der Waals surface area contributed by atoms with Crippen LogP contribution in [0.4, 0.5) is 5.82 Å². The molecule has 0 spiro atoms. The van der Waals surface area contributed by atoms with Gasteiger partial charge in [0.25, 0.3) is 0 Å². The fraction of sp³-hybridized carbons (Fsp3) is 0.526. The van der Waals surface area contributed by atoms with Gasteiger partial charge in [-0.1, -0.05) is 6.92 Å². The zero-order valence-electron chi connectivity index (χ0n) is 15.9. The Labute approximate surface area is 155 Å². The van der Waals surface area contributed by atoms with Crippen LogP contribution in [0.5, 0.6) is 5.75 Å². The van der Waals surface area contributed by atoms with Gasteiger partial charge in [0, 0.05) is 18.2 Å². The van der Waals surface area contributed by atoms with Gasteiger partial charge in [-0.15, -0.1) is 0 Å². The fourth-order valence-corrected chi connectivity index (χ4v) is 2.83. The van der Waals surface area contributed by atoms with Crippen molar-refractivity contribution in [3.8, 4) is 5.75 Å². The molecule has 1 aromatic rings. The smallest absolute Gasteiger partial charge is 0.228 e. The van der Waals surface area contributed by atoms with E-state index in [1.807, 2.05) is 19.9 Å². The van der Waals surface area contributed by atoms with Crippen LogP contribution in [0, 0.1) is 5.92 Å². The highest BCUT2D eigenvalue weighted by molar-refractivity contribution is 5.96. The molecule has 1 aromatic heterocycles. The Morgan fingerprint density at radius 3 is 2.88 bits per heavy atom. The molecular weight excluding hydrogens is 330 g/mol. The minimum atomic E-state index is 0.0212. The lowest BCUT2D eigenvalue weighted by molar-refractivity contribution is -0.121. The van der Waals surface area contributed by atoms with Crippen molar-refractivity contribution in [2.45, 2.75) is 33.1 Å². The highest BCUT2D eigenvalue weighted by atomic mass is 16.5. The molecule has 26 heavy (non-hydrogen) atoms. The van der Waals surface area contributed by atoms with E-state index in [4.69, 9.17) is 10.5 Å². The molecule has 142 valence electrons. The molecule has 0 unspecified atom stereocenters. The first-order valence-electron chi connectivity index (χ1n) is 9.08. The zero-order valence-corrected chi connectivity index (χ0v) is 15.9. The Balaban J connectivity index is 2.04. The highest BCUT2D eigenvalue weighted by Gasteiger charge is 2.23. The highest BCUT2D eigenvalue weighted by Crippen LogP contribution is 2.21. The summed E-state index contributed by atoms with van der Waals surface area (Å²) in [7, 11) is 2.08. The minimum absolute atomic E-state index is 0.0212. The van der Waals surface area contributed by atoms with E-state index >= 15 is 0 Å². The summed E-state index contributed by atoms with van der Waals surface area (Å²) in [6.45, 7) is 5.99. The van der Waals surface area contributed by atoms with Crippen LogP contribution in [0.2, 0.25) is 0 Å². The summed E-state index contributed by atoms with van der Waals surface area (Å²) in [5.74, 6) is 1.82. The molecule has 1 saturated heterocycles. The Morgan fingerprint density at radius 1 is 1.50 bits per heavy atom. The maximum Gasteiger partial charge on any atom is 0.228 e. The Bertz CT molecular complexity index is 664. The Hall–Kier alpha value is -2.25. The number of carbonyl (C=O) groups is 1. The minimum Gasteiger partial charge on any atom is -0.456 e. The van der Waals surface area contributed by atoms with Gasteiger partial charge in [0.2, 0.25) is 5.91 Å². The average Bonchev–Trinajstić information content (AvgIpc) is 2.62. The first kappa shape index (κ1) is 20.1. The molecule has 0 aliphatic carbocycles. The molecule has 0 saturated carbocycles. The summed E-state index contributed by atoms with van der Waals surface area (Å²) in [5.41, 5.74) is 6.22. The summed E-state index contributed by atoms with van der Waals surface area (Å²) in [6.07, 6.45) is 6.13. The lowest BCUT2D eigenvalue weighted by Gasteiger charge is -2.27. The number of ether oxygens (including phenoxy) is 1. The van der Waals surface area contributed by atoms with E-state index in [9.17, 15) is 4.79 Å². The van der Waals surface area contributed by atoms with E-state index in [0.717, 1.165) is 38.1 Å². The predicted molar refractivity (Wildman–Crippen MR) is 104 cm³/mol. The number of piperidine rings is 1. The number of pyridine rings is 1. The monoisotopic (exact) mass is 359 g/mol. The standard InChI is InChI=1S/C19H29N5O2/c1-4-5-17(14(2)22-13-20)26-16-6-9-21-18(12-16)23-19(25)15-7-10-24(3)11-8-15/h5-6,9,12,15H,4,7-8,10-11,13,20H2,1-3H3,(H,21,23,25)/b17-5+,22-14-. The van der Waals surface area contributed by atoms with Crippen molar-refractivity contribution in [2.75, 3.05) is 32.1 Å². The lowest BCUT2D eigenvalue weighted by Crippen LogP contribution is -2.36. The third-order valence-electron chi connectivity index (χ3n) is 4.37. The van der Waals surface area contributed by atoms with Crippen LogP contribution in [0.25, 0.3) is 0 Å². The van der Waals surface area contributed by atoms with Crippen molar-refractivity contribution in [1.82, 2.24) is 9.88 Å². The van der Waals surface area contributed by atoms with Crippen molar-refractivity contribution in [2.24, 2.45) is 16.6 Å². The van der Waals surface area contributed by atoms with Crippen LogP contribution in [-0.4, -0.2) is 48.3 Å². The van der Waals surface area contributed by atoms with Gasteiger partial charge in [-0.25, -0.2) is 4.98 Å². The molecule has 1 aliphatic heterocycles. The van der Waals surface area contributed by atoms with E-state index in [-0.39, 0.29) is 18.5 Å². The number of nitrogens with one attached hydrogen (secondary N) is 1. The van der Waals surface area contributed by atoms with E-state index < -0.39 is 0 Å². The quantitative estimate of drug-likeness (QED) is 0.576. The van der Waals surface area contributed by atoms with E-state index in [2.05, 4.69) is 27.2 Å². The molecule has 0 aromatic carbocycles. The molecule has 0 bridgehead atoms. The summed E-state index contributed by atoms with van der Waals surface area (Å²) >= 11 is 0. The number of nitrogens with two attached hydrogens (primary N) is 1. The SMILES string of the molecule is CC/C=C(Oc1ccnc(NC(=O)C2CCN(C)CC2)c1)\C(C)=N/CN. The van der Waals surface area contributed by atoms with E-state index in [1.54, 1.807) is 18.3 Å². The number of likely N-dealkylation sites (tertiary alicyclic amines) is 1. The second-order valence-corrected chi connectivity index (χ2v) is 6.45. The number of carbonyl (C=O) groups excluding carboxylic acids is 1. The van der Waals surface area contributed by atoms with Crippen LogP contribution in [-0.2, 0) is 4.79 Å². The molecule has 2 heterocycles. The maximum atomic E-state index is 12.4. The second kappa shape index (κ2) is 10.0. The van der Waals surface area contributed by atoms with Crippen LogP contribution in [0.1, 0.15) is 33.1 Å². The van der Waals surface area contributed by atoms with Gasteiger partial charge in [0.15, 0.2) is 0 Å². The molecule has 3 N–H and O–H groups in total. The predicted octanol–water partition coefficient (Wildman–Crippen LogP) is 2.41. The van der Waals surface area contributed by atoms with E-state index in [0.29, 0.717) is 17.3 Å². The first-order chi connectivity index (χ1) is 12.5. The van der Waals surface area contributed by atoms with Gasteiger partial charge >= 0.3 is 0 Å². The first-order valence-corrected chi connectivity index (χ1v) is 9.08. The van der Waals surface area contributed by atoms with Crippen molar-refractivity contribution in [3.63, 3.8) is 0 Å². The van der Waals surface area contributed by atoms with Gasteiger partial charge in [-0.05, 0) is 58.5 Å². The molecule has 1 fully saturated rings. The summed E-state index contributed by atoms with van der Waals surface area (Å²) in [5, 5.41) is 2.91. The molecule has 7 nitrogen and oxygen atoms in total. The number of aliphatic imine (C=N–C) groups is 1. The molecule has 0 atom stereocenters. The number of anilines is 1. The average molecular weight is 359 g/mol. The topological polar surface area (TPSA) is 92.8 Å². The van der Waals surface area contributed by atoms with Gasteiger partial charge in [-0.2, -0.15) is 0 Å². The van der Waals surface area contributed by atoms with Crippen LogP contribution in [0.15, 0.2) is 35.2 Å². The Morgan fingerprint density at radius 2 is 2.23 bits per heavy atom. The number of amides is 1. The number of hydrogen-bond acceptors (Lipinski definition) is 6. The molecule has 0 radical (unpaired) electrons. The summed E-state index contributed by atoms with van der Waals surface area (Å²) in [4.78, 5) is 23.1.